The average molecular weight is 417 g/mol. The summed E-state index contributed by atoms with van der Waals surface area (Å²) in [5.41, 5.74) is 2.30. The first-order chi connectivity index (χ1) is 12.4. The van der Waals surface area contributed by atoms with E-state index in [4.69, 9.17) is 0 Å². The molecule has 1 aliphatic rings. The van der Waals surface area contributed by atoms with Gasteiger partial charge in [-0.15, -0.1) is 0 Å². The summed E-state index contributed by atoms with van der Waals surface area (Å²) < 4.78 is 0.867. The van der Waals surface area contributed by atoms with Gasteiger partial charge in [0.05, 0.1) is 10.6 Å². The van der Waals surface area contributed by atoms with Crippen molar-refractivity contribution in [1.82, 2.24) is 4.90 Å². The number of nitro groups is 1. The third kappa shape index (κ3) is 3.68. The van der Waals surface area contributed by atoms with Gasteiger partial charge in [-0.1, -0.05) is 46.3 Å². The molecule has 1 amide bonds. The Morgan fingerprint density at radius 3 is 2.54 bits per heavy atom. The van der Waals surface area contributed by atoms with E-state index in [0.29, 0.717) is 12.1 Å². The van der Waals surface area contributed by atoms with Crippen LogP contribution in [-0.2, 0) is 4.79 Å². The van der Waals surface area contributed by atoms with Crippen LogP contribution in [0.25, 0.3) is 5.70 Å². The summed E-state index contributed by atoms with van der Waals surface area (Å²) in [5, 5.41) is 21.4. The fourth-order valence-corrected chi connectivity index (χ4v) is 3.57. The van der Waals surface area contributed by atoms with E-state index in [1.807, 2.05) is 30.3 Å². The van der Waals surface area contributed by atoms with Gasteiger partial charge >= 0.3 is 0 Å². The highest BCUT2D eigenvalue weighted by atomic mass is 79.9. The molecule has 0 aromatic heterocycles. The van der Waals surface area contributed by atoms with Crippen LogP contribution in [0.1, 0.15) is 30.4 Å². The van der Waals surface area contributed by atoms with Gasteiger partial charge in [0.2, 0.25) is 5.91 Å². The molecule has 3 rings (SSSR count). The Hall–Kier alpha value is -2.51. The number of allylic oxidation sites excluding steroid dienone is 1. The number of carbonyl (C=O) groups is 1. The van der Waals surface area contributed by atoms with Gasteiger partial charge in [0.1, 0.15) is 6.23 Å². The number of nitro benzene ring substituents is 1. The highest BCUT2D eigenvalue weighted by Crippen LogP contribution is 2.37. The van der Waals surface area contributed by atoms with Gasteiger partial charge in [-0.3, -0.25) is 19.8 Å². The van der Waals surface area contributed by atoms with Crippen LogP contribution in [0.15, 0.2) is 59.1 Å². The summed E-state index contributed by atoms with van der Waals surface area (Å²) >= 11 is 3.43. The summed E-state index contributed by atoms with van der Waals surface area (Å²) in [5.74, 6) is -0.402. The first-order valence-electron chi connectivity index (χ1n) is 8.07. The number of non-ortho nitro benzene ring substituents is 1. The van der Waals surface area contributed by atoms with E-state index in [2.05, 4.69) is 15.9 Å². The Balaban J connectivity index is 2.04. The molecule has 2 atom stereocenters. The summed E-state index contributed by atoms with van der Waals surface area (Å²) in [6.07, 6.45) is 1.29. The molecule has 26 heavy (non-hydrogen) atoms. The maximum absolute atomic E-state index is 12.1. The van der Waals surface area contributed by atoms with E-state index in [0.717, 1.165) is 15.6 Å². The number of carbonyl (C=O) groups excluding carboxylic acids is 1. The van der Waals surface area contributed by atoms with Crippen LogP contribution in [0.5, 0.6) is 0 Å². The van der Waals surface area contributed by atoms with Crippen molar-refractivity contribution in [1.29, 1.82) is 0 Å². The number of nitrogens with zero attached hydrogens (tertiary/aromatic N) is 2. The Morgan fingerprint density at radius 1 is 1.27 bits per heavy atom. The molecule has 134 valence electrons. The third-order valence-corrected chi connectivity index (χ3v) is 4.87. The fourth-order valence-electron chi connectivity index (χ4n) is 3.17. The van der Waals surface area contributed by atoms with Crippen molar-refractivity contribution >= 4 is 33.2 Å². The normalized spacial score (nSPS) is 19.8. The van der Waals surface area contributed by atoms with Crippen molar-refractivity contribution < 1.29 is 14.8 Å². The number of rotatable bonds is 3. The molecular weight excluding hydrogens is 400 g/mol. The molecule has 0 aliphatic carbocycles. The standard InChI is InChI=1S/C19H17BrN2O4/c1-12(23)21-18(14-3-2-4-16(20)9-14)10-15(11-19(21)24)13-5-7-17(8-6-13)22(25)26/h2-10,15,19,24H,11H2,1H3/t15-,19?/m0/s1. The van der Waals surface area contributed by atoms with Gasteiger partial charge in [0.25, 0.3) is 5.69 Å². The highest BCUT2D eigenvalue weighted by Gasteiger charge is 2.32. The van der Waals surface area contributed by atoms with Gasteiger partial charge in [0, 0.05) is 35.9 Å². The van der Waals surface area contributed by atoms with Crippen molar-refractivity contribution in [2.24, 2.45) is 0 Å². The van der Waals surface area contributed by atoms with Crippen molar-refractivity contribution in [3.05, 3.63) is 80.3 Å². The zero-order valence-corrected chi connectivity index (χ0v) is 15.6. The van der Waals surface area contributed by atoms with Crippen molar-refractivity contribution in [3.8, 4) is 0 Å². The topological polar surface area (TPSA) is 83.7 Å². The minimum Gasteiger partial charge on any atom is -0.373 e. The summed E-state index contributed by atoms with van der Waals surface area (Å²) in [6.45, 7) is 1.42. The molecule has 6 nitrogen and oxygen atoms in total. The number of hydrogen-bond acceptors (Lipinski definition) is 4. The molecule has 0 saturated carbocycles. The number of benzene rings is 2. The van der Waals surface area contributed by atoms with Crippen molar-refractivity contribution in [3.63, 3.8) is 0 Å². The summed E-state index contributed by atoms with van der Waals surface area (Å²) in [6, 6.07) is 13.8. The molecule has 2 aromatic rings. The first-order valence-corrected chi connectivity index (χ1v) is 8.86. The molecule has 1 N–H and O–H groups in total. The van der Waals surface area contributed by atoms with Crippen LogP contribution in [-0.4, -0.2) is 27.1 Å². The Morgan fingerprint density at radius 2 is 1.96 bits per heavy atom. The molecule has 0 bridgehead atoms. The molecule has 0 spiro atoms. The Kier molecular flexibility index (Phi) is 5.20. The lowest BCUT2D eigenvalue weighted by Crippen LogP contribution is -2.41. The molecule has 2 aromatic carbocycles. The second-order valence-corrected chi connectivity index (χ2v) is 7.04. The van der Waals surface area contributed by atoms with Crippen LogP contribution < -0.4 is 0 Å². The lowest BCUT2D eigenvalue weighted by molar-refractivity contribution is -0.384. The van der Waals surface area contributed by atoms with Crippen molar-refractivity contribution in [2.75, 3.05) is 0 Å². The number of halogens is 1. The average Bonchev–Trinajstić information content (AvgIpc) is 2.60. The fraction of sp³-hybridized carbons (Fsp3) is 0.211. The lowest BCUT2D eigenvalue weighted by Gasteiger charge is -2.36. The molecule has 0 radical (unpaired) electrons. The molecule has 7 heteroatoms. The van der Waals surface area contributed by atoms with Crippen LogP contribution in [0.4, 0.5) is 5.69 Å². The van der Waals surface area contributed by atoms with Crippen LogP contribution in [0, 0.1) is 10.1 Å². The zero-order valence-electron chi connectivity index (χ0n) is 14.0. The number of aliphatic hydroxyl groups is 1. The predicted octanol–water partition coefficient (Wildman–Crippen LogP) is 4.05. The smallest absolute Gasteiger partial charge is 0.269 e. The van der Waals surface area contributed by atoms with Gasteiger partial charge in [-0.2, -0.15) is 0 Å². The maximum atomic E-state index is 12.1. The third-order valence-electron chi connectivity index (χ3n) is 4.37. The summed E-state index contributed by atoms with van der Waals surface area (Å²) in [7, 11) is 0. The minimum absolute atomic E-state index is 0.0201. The number of amides is 1. The van der Waals surface area contributed by atoms with E-state index in [1.165, 1.54) is 24.0 Å². The molecule has 1 unspecified atom stereocenters. The quantitative estimate of drug-likeness (QED) is 0.603. The number of hydrogen-bond donors (Lipinski definition) is 1. The van der Waals surface area contributed by atoms with Gasteiger partial charge < -0.3 is 5.11 Å². The van der Waals surface area contributed by atoms with Crippen LogP contribution in [0.2, 0.25) is 0 Å². The number of aliphatic hydroxyl groups excluding tert-OH is 1. The van der Waals surface area contributed by atoms with Crippen LogP contribution >= 0.6 is 15.9 Å². The van der Waals surface area contributed by atoms with Crippen LogP contribution in [0.3, 0.4) is 0 Å². The second kappa shape index (κ2) is 7.39. The molecular formula is C19H17BrN2O4. The molecule has 1 heterocycles. The van der Waals surface area contributed by atoms with Gasteiger partial charge in [-0.25, -0.2) is 0 Å². The predicted molar refractivity (Wildman–Crippen MR) is 101 cm³/mol. The SMILES string of the molecule is CC(=O)N1C(c2cccc(Br)c2)=C[C@H](c2ccc([N+](=O)[O-])cc2)CC1O. The minimum atomic E-state index is -0.966. The largest absolute Gasteiger partial charge is 0.373 e. The summed E-state index contributed by atoms with van der Waals surface area (Å²) in [4.78, 5) is 23.8. The Labute approximate surface area is 159 Å². The monoisotopic (exact) mass is 416 g/mol. The first kappa shape index (κ1) is 18.3. The van der Waals surface area contributed by atoms with E-state index < -0.39 is 11.2 Å². The van der Waals surface area contributed by atoms with E-state index in [9.17, 15) is 20.0 Å². The van der Waals surface area contributed by atoms with Crippen molar-refractivity contribution in [2.45, 2.75) is 25.5 Å². The van der Waals surface area contributed by atoms with Gasteiger partial charge in [-0.05, 0) is 23.3 Å². The highest BCUT2D eigenvalue weighted by molar-refractivity contribution is 9.10. The van der Waals surface area contributed by atoms with E-state index in [-0.39, 0.29) is 17.5 Å². The molecule has 0 fully saturated rings. The molecule has 1 aliphatic heterocycles. The molecule has 0 saturated heterocycles. The van der Waals surface area contributed by atoms with E-state index in [1.54, 1.807) is 12.1 Å². The van der Waals surface area contributed by atoms with Gasteiger partial charge in [0.15, 0.2) is 0 Å². The lowest BCUT2D eigenvalue weighted by atomic mass is 9.88. The second-order valence-electron chi connectivity index (χ2n) is 6.12. The maximum Gasteiger partial charge on any atom is 0.269 e. The van der Waals surface area contributed by atoms with E-state index >= 15 is 0 Å². The zero-order chi connectivity index (χ0) is 18.8. The Bertz CT molecular complexity index is 879.